The Balaban J connectivity index is 1.56. The van der Waals surface area contributed by atoms with Crippen molar-refractivity contribution < 1.29 is 4.79 Å². The first-order valence-electron chi connectivity index (χ1n) is 9.42. The quantitative estimate of drug-likeness (QED) is 0.653. The van der Waals surface area contributed by atoms with Gasteiger partial charge in [-0.1, -0.05) is 41.9 Å². The van der Waals surface area contributed by atoms with Crippen LogP contribution in [0.3, 0.4) is 0 Å². The number of pyridine rings is 1. The van der Waals surface area contributed by atoms with E-state index in [2.05, 4.69) is 23.3 Å². The second-order valence-corrected chi connectivity index (χ2v) is 7.87. The minimum atomic E-state index is 0.0464. The van der Waals surface area contributed by atoms with Crippen LogP contribution >= 0.6 is 11.6 Å². The zero-order valence-electron chi connectivity index (χ0n) is 15.6. The Hall–Kier alpha value is -2.39. The normalized spacial score (nSPS) is 14.9. The van der Waals surface area contributed by atoms with Crippen molar-refractivity contribution in [2.24, 2.45) is 5.92 Å². The fourth-order valence-electron chi connectivity index (χ4n) is 3.79. The van der Waals surface area contributed by atoms with E-state index >= 15 is 0 Å². The number of rotatable bonds is 5. The van der Waals surface area contributed by atoms with Crippen LogP contribution in [0, 0.1) is 19.8 Å². The van der Waals surface area contributed by atoms with Crippen molar-refractivity contribution in [1.29, 1.82) is 0 Å². The molecule has 1 N–H and O–H groups in total. The van der Waals surface area contributed by atoms with E-state index in [1.54, 1.807) is 0 Å². The summed E-state index contributed by atoms with van der Waals surface area (Å²) in [6.07, 6.45) is 2.67. The molecule has 1 amide bonds. The molecule has 1 fully saturated rings. The fourth-order valence-corrected chi connectivity index (χ4v) is 3.91. The highest BCUT2D eigenvalue weighted by atomic mass is 35.5. The first-order chi connectivity index (χ1) is 13.0. The second-order valence-electron chi connectivity index (χ2n) is 7.43. The van der Waals surface area contributed by atoms with Crippen LogP contribution in [0.2, 0.25) is 5.02 Å². The number of carbonyl (C=O) groups excluding carboxylic acids is 1. The number of para-hydroxylation sites is 1. The number of halogens is 1. The molecule has 27 heavy (non-hydrogen) atoms. The predicted molar refractivity (Wildman–Crippen MR) is 110 cm³/mol. The van der Waals surface area contributed by atoms with Gasteiger partial charge in [-0.2, -0.15) is 0 Å². The van der Waals surface area contributed by atoms with Crippen molar-refractivity contribution >= 4 is 28.4 Å². The topological polar surface area (TPSA) is 42.0 Å². The number of nitrogens with one attached hydrogen (secondary N) is 1. The molecule has 0 radical (unpaired) electrons. The lowest BCUT2D eigenvalue weighted by Gasteiger charge is -2.20. The van der Waals surface area contributed by atoms with E-state index in [9.17, 15) is 4.79 Å². The zero-order valence-corrected chi connectivity index (χ0v) is 16.4. The first-order valence-corrected chi connectivity index (χ1v) is 9.80. The summed E-state index contributed by atoms with van der Waals surface area (Å²) in [7, 11) is 0. The molecule has 138 valence electrons. The molecule has 0 bridgehead atoms. The van der Waals surface area contributed by atoms with Gasteiger partial charge in [0, 0.05) is 16.1 Å². The predicted octanol–water partition coefficient (Wildman–Crippen LogP) is 5.32. The van der Waals surface area contributed by atoms with Gasteiger partial charge in [-0.3, -0.25) is 9.78 Å². The van der Waals surface area contributed by atoms with Gasteiger partial charge >= 0.3 is 0 Å². The van der Waals surface area contributed by atoms with Crippen LogP contribution in [0.15, 0.2) is 48.5 Å². The molecule has 3 nitrogen and oxygen atoms in total. The molecule has 1 saturated carbocycles. The summed E-state index contributed by atoms with van der Waals surface area (Å²) >= 11 is 6.01. The van der Waals surface area contributed by atoms with Crippen LogP contribution in [-0.2, 0) is 11.2 Å². The summed E-state index contributed by atoms with van der Waals surface area (Å²) < 4.78 is 0. The van der Waals surface area contributed by atoms with Crippen molar-refractivity contribution in [1.82, 2.24) is 10.3 Å². The van der Waals surface area contributed by atoms with Crippen LogP contribution in [0.25, 0.3) is 10.9 Å². The monoisotopic (exact) mass is 378 g/mol. The molecule has 0 saturated heterocycles. The Morgan fingerprint density at radius 2 is 1.85 bits per heavy atom. The van der Waals surface area contributed by atoms with E-state index in [0.29, 0.717) is 17.4 Å². The minimum Gasteiger partial charge on any atom is -0.349 e. The zero-order chi connectivity index (χ0) is 19.0. The third-order valence-corrected chi connectivity index (χ3v) is 5.71. The van der Waals surface area contributed by atoms with Crippen molar-refractivity contribution in [2.45, 2.75) is 39.2 Å². The van der Waals surface area contributed by atoms with E-state index < -0.39 is 0 Å². The number of fused-ring (bicyclic) bond motifs is 1. The lowest BCUT2D eigenvalue weighted by molar-refractivity contribution is -0.121. The summed E-state index contributed by atoms with van der Waals surface area (Å²) in [6.45, 7) is 4.07. The van der Waals surface area contributed by atoms with Crippen molar-refractivity contribution in [2.75, 3.05) is 0 Å². The van der Waals surface area contributed by atoms with Gasteiger partial charge < -0.3 is 5.32 Å². The van der Waals surface area contributed by atoms with Crippen LogP contribution in [0.5, 0.6) is 0 Å². The SMILES string of the molecule is Cc1nc2ccccc2c(C)c1CC(=O)N[C@@H](c1ccc(Cl)cc1)C1CC1. The number of hydrogen-bond donors (Lipinski definition) is 1. The van der Waals surface area contributed by atoms with Crippen LogP contribution in [0.4, 0.5) is 0 Å². The molecule has 1 atom stereocenters. The van der Waals surface area contributed by atoms with E-state index in [-0.39, 0.29) is 11.9 Å². The summed E-state index contributed by atoms with van der Waals surface area (Å²) in [6, 6.07) is 16.0. The van der Waals surface area contributed by atoms with Gasteiger partial charge in [-0.15, -0.1) is 0 Å². The van der Waals surface area contributed by atoms with Gasteiger partial charge in [0.15, 0.2) is 0 Å². The molecule has 1 aromatic heterocycles. The summed E-state index contributed by atoms with van der Waals surface area (Å²) in [5.41, 5.74) is 5.20. The van der Waals surface area contributed by atoms with Gasteiger partial charge in [0.1, 0.15) is 0 Å². The first kappa shape index (κ1) is 18.0. The van der Waals surface area contributed by atoms with E-state index in [4.69, 9.17) is 11.6 Å². The molecule has 4 rings (SSSR count). The van der Waals surface area contributed by atoms with E-state index in [1.165, 1.54) is 0 Å². The fraction of sp³-hybridized carbons (Fsp3) is 0.304. The second kappa shape index (κ2) is 7.32. The maximum Gasteiger partial charge on any atom is 0.224 e. The molecule has 4 heteroatoms. The average Bonchev–Trinajstić information content (AvgIpc) is 3.49. The van der Waals surface area contributed by atoms with Gasteiger partial charge in [-0.05, 0) is 67.5 Å². The summed E-state index contributed by atoms with van der Waals surface area (Å²) in [5.74, 6) is 0.567. The highest BCUT2D eigenvalue weighted by Crippen LogP contribution is 2.41. The number of carbonyl (C=O) groups is 1. The maximum atomic E-state index is 12.9. The lowest BCUT2D eigenvalue weighted by atomic mass is 9.98. The number of aryl methyl sites for hydroxylation is 2. The van der Waals surface area contributed by atoms with E-state index in [1.807, 2.05) is 49.4 Å². The van der Waals surface area contributed by atoms with Crippen LogP contribution < -0.4 is 5.32 Å². The Kier molecular flexibility index (Phi) is 4.88. The summed E-state index contributed by atoms with van der Waals surface area (Å²) in [5, 5.41) is 5.09. The van der Waals surface area contributed by atoms with Crippen molar-refractivity contribution in [3.63, 3.8) is 0 Å². The average molecular weight is 379 g/mol. The maximum absolute atomic E-state index is 12.9. The third kappa shape index (κ3) is 3.84. The molecule has 3 aromatic rings. The van der Waals surface area contributed by atoms with Crippen molar-refractivity contribution in [3.8, 4) is 0 Å². The van der Waals surface area contributed by atoms with E-state index in [0.717, 1.165) is 46.1 Å². The number of hydrogen-bond acceptors (Lipinski definition) is 2. The number of amides is 1. The molecule has 0 unspecified atom stereocenters. The molecule has 0 aliphatic heterocycles. The lowest BCUT2D eigenvalue weighted by Crippen LogP contribution is -2.31. The number of benzene rings is 2. The van der Waals surface area contributed by atoms with Crippen molar-refractivity contribution in [3.05, 3.63) is 75.9 Å². The molecule has 1 heterocycles. The molecule has 0 spiro atoms. The minimum absolute atomic E-state index is 0.0464. The highest BCUT2D eigenvalue weighted by molar-refractivity contribution is 6.30. The Morgan fingerprint density at radius 3 is 2.56 bits per heavy atom. The molecular weight excluding hydrogens is 356 g/mol. The van der Waals surface area contributed by atoms with Crippen LogP contribution in [0.1, 0.15) is 41.3 Å². The Bertz CT molecular complexity index is 993. The Morgan fingerprint density at radius 1 is 1.15 bits per heavy atom. The Labute approximate surface area is 164 Å². The summed E-state index contributed by atoms with van der Waals surface area (Å²) in [4.78, 5) is 17.6. The molecular formula is C23H23ClN2O. The smallest absolute Gasteiger partial charge is 0.224 e. The molecule has 1 aliphatic carbocycles. The number of aromatic nitrogens is 1. The van der Waals surface area contributed by atoms with Gasteiger partial charge in [0.05, 0.1) is 18.0 Å². The third-order valence-electron chi connectivity index (χ3n) is 5.46. The van der Waals surface area contributed by atoms with Gasteiger partial charge in [-0.25, -0.2) is 0 Å². The largest absolute Gasteiger partial charge is 0.349 e. The standard InChI is InChI=1S/C23H23ClN2O/c1-14-19-5-3-4-6-21(19)25-15(2)20(14)13-22(27)26-23(16-7-8-16)17-9-11-18(24)12-10-17/h3-6,9-12,16,23H,7-8,13H2,1-2H3,(H,26,27)/t23-/m1/s1. The van der Waals surface area contributed by atoms with Crippen LogP contribution in [-0.4, -0.2) is 10.9 Å². The highest BCUT2D eigenvalue weighted by Gasteiger charge is 2.33. The van der Waals surface area contributed by atoms with Gasteiger partial charge in [0.2, 0.25) is 5.91 Å². The molecule has 2 aromatic carbocycles. The van der Waals surface area contributed by atoms with Gasteiger partial charge in [0.25, 0.3) is 0 Å². The number of nitrogens with zero attached hydrogens (tertiary/aromatic N) is 1. The molecule has 1 aliphatic rings.